The Kier molecular flexibility index (Phi) is 3.49. The predicted octanol–water partition coefficient (Wildman–Crippen LogP) is 1.01. The van der Waals surface area contributed by atoms with Crippen molar-refractivity contribution in [3.05, 3.63) is 0 Å². The molecule has 4 heteroatoms. The highest BCUT2D eigenvalue weighted by atomic mass is 16.4. The minimum atomic E-state index is -1.07. The van der Waals surface area contributed by atoms with Gasteiger partial charge in [0.2, 0.25) is 5.91 Å². The lowest BCUT2D eigenvalue weighted by atomic mass is 9.98. The zero-order valence-corrected chi connectivity index (χ0v) is 8.62. The van der Waals surface area contributed by atoms with Gasteiger partial charge in [0, 0.05) is 6.04 Å². The van der Waals surface area contributed by atoms with Gasteiger partial charge in [-0.25, -0.2) is 0 Å². The van der Waals surface area contributed by atoms with Crippen LogP contribution in [0.15, 0.2) is 0 Å². The van der Waals surface area contributed by atoms with E-state index < -0.39 is 12.4 Å². The molecule has 4 nitrogen and oxygen atoms in total. The Morgan fingerprint density at radius 2 is 2.00 bits per heavy atom. The third-order valence-electron chi connectivity index (χ3n) is 3.12. The van der Waals surface area contributed by atoms with E-state index in [1.165, 1.54) is 0 Å². The smallest absolute Gasteiger partial charge is 0.312 e. The number of carboxylic acids is 1. The maximum absolute atomic E-state index is 11.2. The summed E-state index contributed by atoms with van der Waals surface area (Å²) in [5, 5.41) is 11.2. The van der Waals surface area contributed by atoms with E-state index in [9.17, 15) is 9.59 Å². The van der Waals surface area contributed by atoms with Crippen LogP contribution in [-0.4, -0.2) is 23.0 Å². The van der Waals surface area contributed by atoms with E-state index in [2.05, 4.69) is 19.2 Å². The van der Waals surface area contributed by atoms with Crippen molar-refractivity contribution in [2.45, 2.75) is 39.2 Å². The molecule has 1 rings (SSSR count). The zero-order chi connectivity index (χ0) is 10.7. The number of rotatable bonds is 3. The molecule has 0 aromatic carbocycles. The molecule has 1 aliphatic carbocycles. The van der Waals surface area contributed by atoms with Gasteiger partial charge in [0.25, 0.3) is 0 Å². The van der Waals surface area contributed by atoms with Gasteiger partial charge in [-0.2, -0.15) is 0 Å². The Morgan fingerprint density at radius 1 is 1.36 bits per heavy atom. The third-order valence-corrected chi connectivity index (χ3v) is 3.12. The first-order valence-electron chi connectivity index (χ1n) is 5.02. The fourth-order valence-electron chi connectivity index (χ4n) is 1.96. The number of nitrogens with one attached hydrogen (secondary N) is 1. The first kappa shape index (κ1) is 11.0. The quantitative estimate of drug-likeness (QED) is 0.667. The molecule has 1 aliphatic rings. The Morgan fingerprint density at radius 3 is 2.43 bits per heavy atom. The van der Waals surface area contributed by atoms with Crippen molar-refractivity contribution in [2.24, 2.45) is 11.8 Å². The van der Waals surface area contributed by atoms with Gasteiger partial charge >= 0.3 is 5.97 Å². The first-order valence-corrected chi connectivity index (χ1v) is 5.02. The summed E-state index contributed by atoms with van der Waals surface area (Å²) in [6, 6.07) is 0.164. The Bertz CT molecular complexity index is 240. The Balaban J connectivity index is 2.37. The molecular formula is C10H17NO3. The van der Waals surface area contributed by atoms with Gasteiger partial charge in [-0.15, -0.1) is 0 Å². The van der Waals surface area contributed by atoms with Gasteiger partial charge in [-0.1, -0.05) is 13.8 Å². The van der Waals surface area contributed by atoms with Crippen LogP contribution in [0.5, 0.6) is 0 Å². The monoisotopic (exact) mass is 199 g/mol. The molecular weight excluding hydrogens is 182 g/mol. The largest absolute Gasteiger partial charge is 0.481 e. The summed E-state index contributed by atoms with van der Waals surface area (Å²) in [6.07, 6.45) is 1.66. The van der Waals surface area contributed by atoms with Crippen molar-refractivity contribution < 1.29 is 14.7 Å². The van der Waals surface area contributed by atoms with Crippen molar-refractivity contribution >= 4 is 11.9 Å². The summed E-state index contributed by atoms with van der Waals surface area (Å²) in [5.41, 5.74) is 0. The van der Waals surface area contributed by atoms with Crippen LogP contribution in [0.25, 0.3) is 0 Å². The fourth-order valence-corrected chi connectivity index (χ4v) is 1.96. The lowest BCUT2D eigenvalue weighted by Gasteiger charge is -2.19. The molecule has 0 heterocycles. The van der Waals surface area contributed by atoms with Crippen LogP contribution in [0.3, 0.4) is 0 Å². The summed E-state index contributed by atoms with van der Waals surface area (Å²) in [5.74, 6) is -0.373. The molecule has 1 fully saturated rings. The summed E-state index contributed by atoms with van der Waals surface area (Å²) in [4.78, 5) is 21.4. The molecule has 0 aromatic rings. The third kappa shape index (κ3) is 2.72. The SMILES string of the molecule is CC1CCC(NC(=O)CC(=O)O)C1C. The van der Waals surface area contributed by atoms with E-state index in [1.807, 2.05) is 0 Å². The van der Waals surface area contributed by atoms with E-state index in [-0.39, 0.29) is 11.9 Å². The van der Waals surface area contributed by atoms with Crippen molar-refractivity contribution in [2.75, 3.05) is 0 Å². The van der Waals surface area contributed by atoms with Crippen molar-refractivity contribution in [1.82, 2.24) is 5.32 Å². The van der Waals surface area contributed by atoms with E-state index in [0.717, 1.165) is 12.8 Å². The number of carbonyl (C=O) groups is 2. The maximum atomic E-state index is 11.2. The molecule has 3 atom stereocenters. The van der Waals surface area contributed by atoms with Crippen molar-refractivity contribution in [1.29, 1.82) is 0 Å². The number of carbonyl (C=O) groups excluding carboxylic acids is 1. The molecule has 0 radical (unpaired) electrons. The minimum absolute atomic E-state index is 0.164. The highest BCUT2D eigenvalue weighted by molar-refractivity contribution is 5.93. The highest BCUT2D eigenvalue weighted by Gasteiger charge is 2.30. The molecule has 80 valence electrons. The minimum Gasteiger partial charge on any atom is -0.481 e. The number of aliphatic carboxylic acids is 1. The number of hydrogen-bond donors (Lipinski definition) is 2. The molecule has 0 saturated heterocycles. The second kappa shape index (κ2) is 4.44. The van der Waals surface area contributed by atoms with Gasteiger partial charge in [-0.3, -0.25) is 9.59 Å². The molecule has 2 N–H and O–H groups in total. The first-order chi connectivity index (χ1) is 6.50. The van der Waals surface area contributed by atoms with E-state index in [1.54, 1.807) is 0 Å². The Hall–Kier alpha value is -1.06. The molecule has 0 spiro atoms. The standard InChI is InChI=1S/C10H17NO3/c1-6-3-4-8(7(6)2)11-9(12)5-10(13)14/h6-8H,3-5H2,1-2H3,(H,11,12)(H,13,14). The average molecular weight is 199 g/mol. The van der Waals surface area contributed by atoms with Crippen LogP contribution < -0.4 is 5.32 Å². The number of hydrogen-bond acceptors (Lipinski definition) is 2. The van der Waals surface area contributed by atoms with Gasteiger partial charge in [-0.05, 0) is 24.7 Å². The molecule has 3 unspecified atom stereocenters. The summed E-state index contributed by atoms with van der Waals surface area (Å²) in [7, 11) is 0. The summed E-state index contributed by atoms with van der Waals surface area (Å²) < 4.78 is 0. The van der Waals surface area contributed by atoms with Crippen LogP contribution >= 0.6 is 0 Å². The molecule has 0 bridgehead atoms. The van der Waals surface area contributed by atoms with Crippen LogP contribution in [-0.2, 0) is 9.59 Å². The average Bonchev–Trinajstić information content (AvgIpc) is 2.34. The maximum Gasteiger partial charge on any atom is 0.312 e. The summed E-state index contributed by atoms with van der Waals surface area (Å²) >= 11 is 0. The van der Waals surface area contributed by atoms with Crippen LogP contribution in [0, 0.1) is 11.8 Å². The van der Waals surface area contributed by atoms with Gasteiger partial charge in [0.15, 0.2) is 0 Å². The summed E-state index contributed by atoms with van der Waals surface area (Å²) in [6.45, 7) is 4.26. The molecule has 1 saturated carbocycles. The van der Waals surface area contributed by atoms with E-state index in [4.69, 9.17) is 5.11 Å². The van der Waals surface area contributed by atoms with Crippen LogP contribution in [0.4, 0.5) is 0 Å². The molecule has 14 heavy (non-hydrogen) atoms. The van der Waals surface area contributed by atoms with Crippen LogP contribution in [0.1, 0.15) is 33.1 Å². The zero-order valence-electron chi connectivity index (χ0n) is 8.62. The van der Waals surface area contributed by atoms with Crippen LogP contribution in [0.2, 0.25) is 0 Å². The Labute approximate surface area is 83.7 Å². The molecule has 0 aromatic heterocycles. The lowest BCUT2D eigenvalue weighted by molar-refractivity contribution is -0.140. The molecule has 0 aliphatic heterocycles. The predicted molar refractivity (Wildman–Crippen MR) is 51.7 cm³/mol. The normalized spacial score (nSPS) is 31.4. The lowest BCUT2D eigenvalue weighted by Crippen LogP contribution is -2.38. The van der Waals surface area contributed by atoms with Gasteiger partial charge in [0.1, 0.15) is 6.42 Å². The number of amides is 1. The number of carboxylic acid groups (broad SMARTS) is 1. The van der Waals surface area contributed by atoms with Gasteiger partial charge < -0.3 is 10.4 Å². The van der Waals surface area contributed by atoms with Gasteiger partial charge in [0.05, 0.1) is 0 Å². The van der Waals surface area contributed by atoms with E-state index >= 15 is 0 Å². The topological polar surface area (TPSA) is 66.4 Å². The van der Waals surface area contributed by atoms with E-state index in [0.29, 0.717) is 11.8 Å². The van der Waals surface area contributed by atoms with Crippen molar-refractivity contribution in [3.63, 3.8) is 0 Å². The highest BCUT2D eigenvalue weighted by Crippen LogP contribution is 2.30. The van der Waals surface area contributed by atoms with Crippen molar-refractivity contribution in [3.8, 4) is 0 Å². The second-order valence-corrected chi connectivity index (χ2v) is 4.16. The fraction of sp³-hybridized carbons (Fsp3) is 0.800. The molecule has 1 amide bonds. The second-order valence-electron chi connectivity index (χ2n) is 4.16.